The molecule has 0 saturated heterocycles. The van der Waals surface area contributed by atoms with Gasteiger partial charge in [-0.05, 0) is 31.2 Å². The molecule has 1 heterocycles. The number of Topliss-reactive ketones (excluding diaryl/α,β-unsaturated/α-hetero) is 1. The molecule has 0 aliphatic carbocycles. The van der Waals surface area contributed by atoms with Gasteiger partial charge in [0, 0.05) is 0 Å². The van der Waals surface area contributed by atoms with Crippen LogP contribution in [0, 0.1) is 0 Å². The van der Waals surface area contributed by atoms with Gasteiger partial charge in [0.1, 0.15) is 5.75 Å². The number of phenolic OH excluding ortho intramolecular Hbond substituents is 1. The van der Waals surface area contributed by atoms with Crippen LogP contribution in [-0.2, 0) is 0 Å². The number of hydrogen-bond donors (Lipinski definition) is 1. The highest BCUT2D eigenvalue weighted by atomic mass is 16.3. The fourth-order valence-corrected chi connectivity index (χ4v) is 0.998. The van der Waals surface area contributed by atoms with E-state index in [1.165, 1.54) is 13.0 Å². The molecule has 0 saturated carbocycles. The molecule has 0 fully saturated rings. The van der Waals surface area contributed by atoms with Crippen LogP contribution in [0.1, 0.15) is 17.3 Å². The first-order chi connectivity index (χ1) is 7.22. The van der Waals surface area contributed by atoms with Crippen LogP contribution in [0.2, 0.25) is 0 Å². The number of furan rings is 1. The Balaban J connectivity index is 0.000000187. The summed E-state index contributed by atoms with van der Waals surface area (Å²) in [6.07, 6.45) is 3.25. The van der Waals surface area contributed by atoms with Gasteiger partial charge < -0.3 is 9.52 Å². The van der Waals surface area contributed by atoms with E-state index in [0.29, 0.717) is 5.56 Å². The molecule has 0 aliphatic rings. The van der Waals surface area contributed by atoms with Crippen molar-refractivity contribution in [1.82, 2.24) is 0 Å². The summed E-state index contributed by atoms with van der Waals surface area (Å²) in [5, 5.41) is 9.06. The number of ketones is 1. The number of rotatable bonds is 1. The van der Waals surface area contributed by atoms with Gasteiger partial charge in [-0.15, -0.1) is 0 Å². The normalized spacial score (nSPS) is 8.87. The van der Waals surface area contributed by atoms with Gasteiger partial charge in [0.05, 0.1) is 18.1 Å². The zero-order chi connectivity index (χ0) is 11.1. The van der Waals surface area contributed by atoms with Crippen molar-refractivity contribution in [2.45, 2.75) is 6.92 Å². The molecule has 3 nitrogen and oxygen atoms in total. The maximum atomic E-state index is 10.7. The lowest BCUT2D eigenvalue weighted by Gasteiger charge is -1.96. The van der Waals surface area contributed by atoms with Gasteiger partial charge in [0.2, 0.25) is 0 Å². The molecular weight excluding hydrogens is 192 g/mol. The fourth-order valence-electron chi connectivity index (χ4n) is 0.998. The molecule has 15 heavy (non-hydrogen) atoms. The van der Waals surface area contributed by atoms with Crippen LogP contribution in [-0.4, -0.2) is 10.9 Å². The van der Waals surface area contributed by atoms with E-state index in [4.69, 9.17) is 5.11 Å². The topological polar surface area (TPSA) is 50.4 Å². The summed E-state index contributed by atoms with van der Waals surface area (Å²) in [5.74, 6) is -0.0619. The van der Waals surface area contributed by atoms with Crippen LogP contribution in [0.15, 0.2) is 53.3 Å². The summed E-state index contributed by atoms with van der Waals surface area (Å²) in [4.78, 5) is 10.7. The standard InChI is InChI=1S/C8H8O2.C4H4O/c1-6(9)7-4-2-3-5-8(7)10;1-2-4-5-3-1/h2-5,10H,1H3;1-4H. The van der Waals surface area contributed by atoms with Crippen LogP contribution >= 0.6 is 0 Å². The Labute approximate surface area is 88.0 Å². The molecule has 1 aromatic heterocycles. The molecule has 1 aromatic carbocycles. The molecule has 0 aliphatic heterocycles. The molecular formula is C12H12O3. The summed E-state index contributed by atoms with van der Waals surface area (Å²) in [6, 6.07) is 10.2. The first-order valence-corrected chi connectivity index (χ1v) is 4.48. The third-order valence-corrected chi connectivity index (χ3v) is 1.71. The van der Waals surface area contributed by atoms with Gasteiger partial charge in [-0.1, -0.05) is 12.1 Å². The van der Waals surface area contributed by atoms with Crippen molar-refractivity contribution in [1.29, 1.82) is 0 Å². The smallest absolute Gasteiger partial charge is 0.163 e. The summed E-state index contributed by atoms with van der Waals surface area (Å²) in [7, 11) is 0. The number of para-hydroxylation sites is 1. The van der Waals surface area contributed by atoms with Crippen molar-refractivity contribution in [2.24, 2.45) is 0 Å². The van der Waals surface area contributed by atoms with Crippen molar-refractivity contribution in [2.75, 3.05) is 0 Å². The largest absolute Gasteiger partial charge is 0.507 e. The Morgan fingerprint density at radius 2 is 1.73 bits per heavy atom. The predicted molar refractivity (Wildman–Crippen MR) is 56.8 cm³/mol. The lowest BCUT2D eigenvalue weighted by atomic mass is 10.1. The van der Waals surface area contributed by atoms with Gasteiger partial charge in [-0.3, -0.25) is 4.79 Å². The van der Waals surface area contributed by atoms with E-state index in [2.05, 4.69) is 4.42 Å². The molecule has 2 aromatic rings. The van der Waals surface area contributed by atoms with Gasteiger partial charge in [-0.25, -0.2) is 0 Å². The van der Waals surface area contributed by atoms with E-state index in [1.54, 1.807) is 30.7 Å². The summed E-state index contributed by atoms with van der Waals surface area (Å²) < 4.78 is 4.58. The van der Waals surface area contributed by atoms with E-state index in [9.17, 15) is 4.79 Å². The maximum Gasteiger partial charge on any atom is 0.163 e. The summed E-state index contributed by atoms with van der Waals surface area (Å²) in [6.45, 7) is 1.43. The minimum atomic E-state index is -0.113. The lowest BCUT2D eigenvalue weighted by Crippen LogP contribution is -1.90. The third-order valence-electron chi connectivity index (χ3n) is 1.71. The quantitative estimate of drug-likeness (QED) is 0.726. The number of benzene rings is 1. The zero-order valence-corrected chi connectivity index (χ0v) is 8.38. The second kappa shape index (κ2) is 5.65. The van der Waals surface area contributed by atoms with Crippen LogP contribution in [0.5, 0.6) is 5.75 Å². The Kier molecular flexibility index (Phi) is 4.16. The van der Waals surface area contributed by atoms with E-state index in [1.807, 2.05) is 12.1 Å². The van der Waals surface area contributed by atoms with Crippen molar-refractivity contribution in [3.05, 3.63) is 54.5 Å². The van der Waals surface area contributed by atoms with E-state index in [-0.39, 0.29) is 11.5 Å². The highest BCUT2D eigenvalue weighted by Gasteiger charge is 2.02. The predicted octanol–water partition coefficient (Wildman–Crippen LogP) is 2.87. The number of phenols is 1. The van der Waals surface area contributed by atoms with Gasteiger partial charge in [-0.2, -0.15) is 0 Å². The first kappa shape index (κ1) is 11.0. The Hall–Kier alpha value is -2.03. The average molecular weight is 204 g/mol. The monoisotopic (exact) mass is 204 g/mol. The van der Waals surface area contributed by atoms with Crippen LogP contribution in [0.4, 0.5) is 0 Å². The zero-order valence-electron chi connectivity index (χ0n) is 8.38. The van der Waals surface area contributed by atoms with E-state index < -0.39 is 0 Å². The van der Waals surface area contributed by atoms with Gasteiger partial charge in [0.25, 0.3) is 0 Å². The number of aromatic hydroxyl groups is 1. The van der Waals surface area contributed by atoms with Crippen molar-refractivity contribution in [3.8, 4) is 5.75 Å². The fraction of sp³-hybridized carbons (Fsp3) is 0.0833. The minimum Gasteiger partial charge on any atom is -0.507 e. The van der Waals surface area contributed by atoms with E-state index in [0.717, 1.165) is 0 Å². The number of hydrogen-bond acceptors (Lipinski definition) is 3. The molecule has 0 radical (unpaired) electrons. The highest BCUT2D eigenvalue weighted by Crippen LogP contribution is 2.15. The molecule has 0 bridgehead atoms. The Morgan fingerprint density at radius 1 is 1.13 bits per heavy atom. The SMILES string of the molecule is CC(=O)c1ccccc1O.c1ccoc1. The first-order valence-electron chi connectivity index (χ1n) is 4.48. The lowest BCUT2D eigenvalue weighted by molar-refractivity contribution is 0.101. The highest BCUT2D eigenvalue weighted by molar-refractivity contribution is 5.96. The second-order valence-electron chi connectivity index (χ2n) is 2.87. The second-order valence-corrected chi connectivity index (χ2v) is 2.87. The minimum absolute atomic E-state index is 0.0509. The van der Waals surface area contributed by atoms with E-state index >= 15 is 0 Å². The van der Waals surface area contributed by atoms with Crippen LogP contribution < -0.4 is 0 Å². The summed E-state index contributed by atoms with van der Waals surface area (Å²) >= 11 is 0. The molecule has 78 valence electrons. The summed E-state index contributed by atoms with van der Waals surface area (Å²) in [5.41, 5.74) is 0.377. The van der Waals surface area contributed by atoms with Gasteiger partial charge in [0.15, 0.2) is 5.78 Å². The molecule has 0 spiro atoms. The van der Waals surface area contributed by atoms with Crippen molar-refractivity contribution >= 4 is 5.78 Å². The molecule has 0 atom stereocenters. The van der Waals surface area contributed by atoms with Crippen molar-refractivity contribution in [3.63, 3.8) is 0 Å². The molecule has 3 heteroatoms. The third kappa shape index (κ3) is 3.68. The molecule has 2 rings (SSSR count). The Morgan fingerprint density at radius 3 is 2.07 bits per heavy atom. The molecule has 1 N–H and O–H groups in total. The maximum absolute atomic E-state index is 10.7. The Bertz CT molecular complexity index is 387. The average Bonchev–Trinajstić information content (AvgIpc) is 2.75. The van der Waals surface area contributed by atoms with Gasteiger partial charge >= 0.3 is 0 Å². The van der Waals surface area contributed by atoms with Crippen LogP contribution in [0.3, 0.4) is 0 Å². The van der Waals surface area contributed by atoms with Crippen LogP contribution in [0.25, 0.3) is 0 Å². The van der Waals surface area contributed by atoms with Crippen molar-refractivity contribution < 1.29 is 14.3 Å². The molecule has 0 unspecified atom stereocenters. The molecule has 0 amide bonds. The number of carbonyl (C=O) groups is 1. The number of carbonyl (C=O) groups excluding carboxylic acids is 1.